The quantitative estimate of drug-likeness (QED) is 0.343. The largest absolute Gasteiger partial charge is 0.463 e. The topological polar surface area (TPSA) is 69.4 Å². The van der Waals surface area contributed by atoms with Crippen LogP contribution in [-0.2, 0) is 9.53 Å². The number of ether oxygens (including phenoxy) is 1. The summed E-state index contributed by atoms with van der Waals surface area (Å²) < 4.78 is 5.85. The number of thiophene rings is 1. The van der Waals surface area contributed by atoms with E-state index in [1.54, 1.807) is 6.92 Å². The SMILES string of the molecule is CCOC(=O)/C=C\c1c([N+](=O)[O-])sc(Br)c1Br. The number of nitro groups is 1. The number of hydrogen-bond donors (Lipinski definition) is 0. The molecule has 0 saturated heterocycles. The summed E-state index contributed by atoms with van der Waals surface area (Å²) in [6.45, 7) is 1.95. The molecule has 0 aliphatic rings. The summed E-state index contributed by atoms with van der Waals surface area (Å²) >= 11 is 7.39. The minimum absolute atomic E-state index is 0.0377. The Balaban J connectivity index is 3.05. The predicted molar refractivity (Wildman–Crippen MR) is 72.0 cm³/mol. The van der Waals surface area contributed by atoms with Crippen molar-refractivity contribution in [2.75, 3.05) is 6.61 Å². The van der Waals surface area contributed by atoms with Crippen molar-refractivity contribution in [3.63, 3.8) is 0 Å². The lowest BCUT2D eigenvalue weighted by Gasteiger charge is -1.94. The molecule has 0 aliphatic carbocycles. The minimum atomic E-state index is -0.531. The molecule has 0 amide bonds. The van der Waals surface area contributed by atoms with E-state index in [0.29, 0.717) is 13.8 Å². The summed E-state index contributed by atoms with van der Waals surface area (Å²) in [7, 11) is 0. The van der Waals surface area contributed by atoms with E-state index in [9.17, 15) is 14.9 Å². The van der Waals surface area contributed by atoms with Gasteiger partial charge in [0, 0.05) is 6.08 Å². The number of carbonyl (C=O) groups excluding carboxylic acids is 1. The van der Waals surface area contributed by atoms with Gasteiger partial charge >= 0.3 is 11.0 Å². The highest BCUT2D eigenvalue weighted by atomic mass is 79.9. The van der Waals surface area contributed by atoms with Crippen molar-refractivity contribution in [2.45, 2.75) is 6.92 Å². The number of rotatable bonds is 4. The van der Waals surface area contributed by atoms with E-state index in [2.05, 4.69) is 31.9 Å². The molecular weight excluding hydrogens is 378 g/mol. The van der Waals surface area contributed by atoms with E-state index in [1.165, 1.54) is 6.08 Å². The first kappa shape index (κ1) is 14.3. The maximum absolute atomic E-state index is 11.1. The van der Waals surface area contributed by atoms with Gasteiger partial charge in [0.25, 0.3) is 0 Å². The van der Waals surface area contributed by atoms with Gasteiger partial charge in [-0.25, -0.2) is 4.79 Å². The zero-order valence-corrected chi connectivity index (χ0v) is 12.6. The van der Waals surface area contributed by atoms with Crippen LogP contribution >= 0.6 is 43.2 Å². The van der Waals surface area contributed by atoms with E-state index in [1.807, 2.05) is 0 Å². The fourth-order valence-electron chi connectivity index (χ4n) is 1.01. The summed E-state index contributed by atoms with van der Waals surface area (Å²) in [5.41, 5.74) is 0.347. The van der Waals surface area contributed by atoms with E-state index < -0.39 is 10.9 Å². The molecule has 0 N–H and O–H groups in total. The van der Waals surface area contributed by atoms with Gasteiger partial charge in [0.2, 0.25) is 0 Å². The maximum atomic E-state index is 11.1. The van der Waals surface area contributed by atoms with Gasteiger partial charge in [-0.15, -0.1) is 0 Å². The van der Waals surface area contributed by atoms with Crippen molar-refractivity contribution in [3.8, 4) is 0 Å². The molecule has 5 nitrogen and oxygen atoms in total. The van der Waals surface area contributed by atoms with E-state index in [-0.39, 0.29) is 11.6 Å². The fourth-order valence-corrected chi connectivity index (χ4v) is 3.10. The molecule has 0 aliphatic heterocycles. The zero-order valence-electron chi connectivity index (χ0n) is 8.61. The van der Waals surface area contributed by atoms with Gasteiger partial charge in [-0.05, 0) is 44.9 Å². The van der Waals surface area contributed by atoms with Gasteiger partial charge in [0.15, 0.2) is 0 Å². The van der Waals surface area contributed by atoms with Crippen molar-refractivity contribution in [1.29, 1.82) is 0 Å². The third kappa shape index (κ3) is 3.62. The van der Waals surface area contributed by atoms with Crippen LogP contribution in [-0.4, -0.2) is 17.5 Å². The first-order valence-electron chi connectivity index (χ1n) is 4.44. The highest BCUT2D eigenvalue weighted by Gasteiger charge is 2.21. The molecule has 8 heteroatoms. The Hall–Kier alpha value is -0.730. The van der Waals surface area contributed by atoms with Crippen LogP contribution in [0.5, 0.6) is 0 Å². The molecule has 0 fully saturated rings. The normalized spacial score (nSPS) is 10.8. The third-order valence-corrected chi connectivity index (χ3v) is 5.11. The van der Waals surface area contributed by atoms with Crippen molar-refractivity contribution in [3.05, 3.63) is 30.0 Å². The van der Waals surface area contributed by atoms with Gasteiger partial charge in [-0.2, -0.15) is 0 Å². The Labute approximate surface area is 118 Å². The average molecular weight is 385 g/mol. The Morgan fingerprint density at radius 1 is 1.59 bits per heavy atom. The van der Waals surface area contributed by atoms with Crippen molar-refractivity contribution in [1.82, 2.24) is 0 Å². The monoisotopic (exact) mass is 383 g/mol. The Morgan fingerprint density at radius 2 is 2.24 bits per heavy atom. The highest BCUT2D eigenvalue weighted by molar-refractivity contribution is 9.13. The summed E-state index contributed by atoms with van der Waals surface area (Å²) in [4.78, 5) is 21.4. The molecule has 0 atom stereocenters. The summed E-state index contributed by atoms with van der Waals surface area (Å²) in [5, 5.41) is 10.7. The number of carbonyl (C=O) groups is 1. The molecule has 1 rings (SSSR count). The highest BCUT2D eigenvalue weighted by Crippen LogP contribution is 2.42. The zero-order chi connectivity index (χ0) is 13.0. The summed E-state index contributed by atoms with van der Waals surface area (Å²) in [6.07, 6.45) is 2.53. The number of hydrogen-bond acceptors (Lipinski definition) is 5. The van der Waals surface area contributed by atoms with Gasteiger partial charge in [0.05, 0.1) is 25.4 Å². The molecule has 0 bridgehead atoms. The van der Waals surface area contributed by atoms with E-state index in [0.717, 1.165) is 17.4 Å². The lowest BCUT2D eigenvalue weighted by Crippen LogP contribution is -1.98. The molecule has 1 aromatic rings. The molecule has 0 unspecified atom stereocenters. The predicted octanol–water partition coefficient (Wildman–Crippen LogP) is 3.76. The van der Waals surface area contributed by atoms with Crippen LogP contribution in [0.1, 0.15) is 12.5 Å². The van der Waals surface area contributed by atoms with Crippen molar-refractivity contribution in [2.24, 2.45) is 0 Å². The van der Waals surface area contributed by atoms with Crippen molar-refractivity contribution >= 4 is 60.2 Å². The third-order valence-electron chi connectivity index (χ3n) is 1.66. The van der Waals surface area contributed by atoms with Crippen LogP contribution in [0.2, 0.25) is 0 Å². The number of nitrogens with zero attached hydrogens (tertiary/aromatic N) is 1. The molecule has 92 valence electrons. The first-order chi connectivity index (χ1) is 7.97. The van der Waals surface area contributed by atoms with Crippen LogP contribution in [0.3, 0.4) is 0 Å². The van der Waals surface area contributed by atoms with Crippen LogP contribution < -0.4 is 0 Å². The lowest BCUT2D eigenvalue weighted by atomic mass is 10.3. The van der Waals surface area contributed by atoms with Gasteiger partial charge in [-0.1, -0.05) is 11.3 Å². The minimum Gasteiger partial charge on any atom is -0.463 e. The van der Waals surface area contributed by atoms with E-state index >= 15 is 0 Å². The van der Waals surface area contributed by atoms with Gasteiger partial charge in [-0.3, -0.25) is 10.1 Å². The van der Waals surface area contributed by atoms with Crippen LogP contribution in [0.4, 0.5) is 5.00 Å². The molecule has 17 heavy (non-hydrogen) atoms. The molecule has 0 radical (unpaired) electrons. The van der Waals surface area contributed by atoms with Crippen LogP contribution in [0, 0.1) is 10.1 Å². The standard InChI is InChI=1S/C9H7Br2NO4S/c1-2-16-6(13)4-3-5-7(10)8(11)17-9(5)12(14)15/h3-4H,2H2,1H3/b4-3-. The molecule has 1 heterocycles. The van der Waals surface area contributed by atoms with E-state index in [4.69, 9.17) is 4.74 Å². The Kier molecular flexibility index (Phi) is 5.29. The second-order valence-electron chi connectivity index (χ2n) is 2.75. The molecular formula is C9H7Br2NO4S. The van der Waals surface area contributed by atoms with Gasteiger partial charge < -0.3 is 4.74 Å². The number of halogens is 2. The fraction of sp³-hybridized carbons (Fsp3) is 0.222. The summed E-state index contributed by atoms with van der Waals surface area (Å²) in [6, 6.07) is 0. The Morgan fingerprint density at radius 3 is 2.76 bits per heavy atom. The van der Waals surface area contributed by atoms with Crippen LogP contribution in [0.15, 0.2) is 14.3 Å². The first-order valence-corrected chi connectivity index (χ1v) is 6.84. The molecule has 0 spiro atoms. The smallest absolute Gasteiger partial charge is 0.333 e. The average Bonchev–Trinajstić information content (AvgIpc) is 2.54. The molecule has 0 aromatic carbocycles. The maximum Gasteiger partial charge on any atom is 0.333 e. The van der Waals surface area contributed by atoms with Crippen LogP contribution in [0.25, 0.3) is 6.08 Å². The summed E-state index contributed by atoms with van der Waals surface area (Å²) in [5.74, 6) is -0.531. The lowest BCUT2D eigenvalue weighted by molar-refractivity contribution is -0.380. The second kappa shape index (κ2) is 6.27. The van der Waals surface area contributed by atoms with Gasteiger partial charge in [0.1, 0.15) is 0 Å². The molecule has 0 saturated carbocycles. The molecule has 1 aromatic heterocycles. The second-order valence-corrected chi connectivity index (χ2v) is 5.86. The number of esters is 1. The van der Waals surface area contributed by atoms with Crippen molar-refractivity contribution < 1.29 is 14.5 Å². The Bertz CT molecular complexity index is 484.